The fourth-order valence-electron chi connectivity index (χ4n) is 2.89. The van der Waals surface area contributed by atoms with E-state index in [0.29, 0.717) is 6.42 Å². The van der Waals surface area contributed by atoms with E-state index < -0.39 is 11.4 Å². The van der Waals surface area contributed by atoms with E-state index in [-0.39, 0.29) is 24.4 Å². The molecule has 0 saturated carbocycles. The summed E-state index contributed by atoms with van der Waals surface area (Å²) in [7, 11) is 0. The average molecular weight is 255 g/mol. The highest BCUT2D eigenvalue weighted by molar-refractivity contribution is 5.78. The van der Waals surface area contributed by atoms with E-state index in [9.17, 15) is 9.59 Å². The summed E-state index contributed by atoms with van der Waals surface area (Å²) in [4.78, 5) is 25.1. The number of likely N-dealkylation sites (tertiary alicyclic amines) is 1. The van der Waals surface area contributed by atoms with Gasteiger partial charge in [-0.2, -0.15) is 0 Å². The number of amides is 1. The molecule has 0 aromatic rings. The van der Waals surface area contributed by atoms with Crippen LogP contribution in [0.5, 0.6) is 0 Å². The Morgan fingerprint density at radius 3 is 2.11 bits per heavy atom. The van der Waals surface area contributed by atoms with Gasteiger partial charge in [0.15, 0.2) is 0 Å². The first kappa shape index (κ1) is 15.0. The van der Waals surface area contributed by atoms with Gasteiger partial charge in [-0.05, 0) is 38.5 Å². The molecular weight excluding hydrogens is 230 g/mol. The largest absolute Gasteiger partial charge is 0.481 e. The molecule has 0 aromatic heterocycles. The fourth-order valence-corrected chi connectivity index (χ4v) is 2.89. The van der Waals surface area contributed by atoms with Gasteiger partial charge in [-0.3, -0.25) is 9.59 Å². The van der Waals surface area contributed by atoms with Crippen molar-refractivity contribution in [2.45, 2.75) is 71.9 Å². The van der Waals surface area contributed by atoms with E-state index >= 15 is 0 Å². The summed E-state index contributed by atoms with van der Waals surface area (Å²) in [5, 5.41) is 8.85. The van der Waals surface area contributed by atoms with Crippen LogP contribution in [0, 0.1) is 5.41 Å². The van der Waals surface area contributed by atoms with Crippen molar-refractivity contribution < 1.29 is 14.7 Å². The van der Waals surface area contributed by atoms with Crippen molar-refractivity contribution in [2.24, 2.45) is 5.41 Å². The zero-order valence-electron chi connectivity index (χ0n) is 11.9. The number of piperidine rings is 1. The van der Waals surface area contributed by atoms with Gasteiger partial charge in [-0.1, -0.05) is 13.8 Å². The summed E-state index contributed by atoms with van der Waals surface area (Å²) in [6.45, 7) is 7.85. The summed E-state index contributed by atoms with van der Waals surface area (Å²) in [6.07, 6.45) is 3.62. The molecule has 1 amide bonds. The van der Waals surface area contributed by atoms with Crippen LogP contribution in [0.15, 0.2) is 0 Å². The first-order chi connectivity index (χ1) is 8.23. The second-order valence-corrected chi connectivity index (χ2v) is 6.34. The zero-order valence-corrected chi connectivity index (χ0v) is 11.9. The predicted octanol–water partition coefficient (Wildman–Crippen LogP) is 2.67. The van der Waals surface area contributed by atoms with Gasteiger partial charge < -0.3 is 10.0 Å². The van der Waals surface area contributed by atoms with Crippen LogP contribution in [0.4, 0.5) is 0 Å². The topological polar surface area (TPSA) is 57.6 Å². The molecule has 104 valence electrons. The lowest BCUT2D eigenvalue weighted by Crippen LogP contribution is -2.48. The van der Waals surface area contributed by atoms with Crippen molar-refractivity contribution in [1.82, 2.24) is 4.90 Å². The number of aliphatic carboxylic acids is 1. The van der Waals surface area contributed by atoms with Crippen LogP contribution in [-0.4, -0.2) is 34.0 Å². The maximum absolute atomic E-state index is 12.3. The number of rotatable bonds is 4. The van der Waals surface area contributed by atoms with Crippen LogP contribution in [0.2, 0.25) is 0 Å². The minimum atomic E-state index is -0.840. The number of hydrogen-bond acceptors (Lipinski definition) is 2. The second kappa shape index (κ2) is 5.72. The predicted molar refractivity (Wildman–Crippen MR) is 70.3 cm³/mol. The minimum Gasteiger partial charge on any atom is -0.481 e. The third-order valence-electron chi connectivity index (χ3n) is 3.74. The molecule has 1 fully saturated rings. The van der Waals surface area contributed by atoms with Crippen LogP contribution >= 0.6 is 0 Å². The van der Waals surface area contributed by atoms with Crippen LogP contribution in [-0.2, 0) is 9.59 Å². The third kappa shape index (κ3) is 4.00. The number of carboxylic acids is 1. The Morgan fingerprint density at radius 2 is 1.67 bits per heavy atom. The molecule has 1 saturated heterocycles. The highest BCUT2D eigenvalue weighted by atomic mass is 16.4. The molecule has 1 heterocycles. The van der Waals surface area contributed by atoms with Crippen molar-refractivity contribution in [3.8, 4) is 0 Å². The van der Waals surface area contributed by atoms with E-state index in [1.807, 2.05) is 18.7 Å². The van der Waals surface area contributed by atoms with Crippen molar-refractivity contribution in [3.05, 3.63) is 0 Å². The lowest BCUT2D eigenvalue weighted by Gasteiger charge is -2.40. The lowest BCUT2D eigenvalue weighted by atomic mass is 9.84. The Bertz CT molecular complexity index is 315. The minimum absolute atomic E-state index is 0.0370. The molecule has 0 aromatic carbocycles. The van der Waals surface area contributed by atoms with Crippen molar-refractivity contribution in [2.75, 3.05) is 0 Å². The normalized spacial score (nSPS) is 25.0. The number of carboxylic acid groups (broad SMARTS) is 1. The van der Waals surface area contributed by atoms with Gasteiger partial charge in [0.25, 0.3) is 0 Å². The molecule has 2 atom stereocenters. The summed E-state index contributed by atoms with van der Waals surface area (Å²) in [5.74, 6) is -0.742. The lowest BCUT2D eigenvalue weighted by molar-refractivity contribution is -0.142. The molecular formula is C14H25NO3. The standard InChI is InChI=1S/C14H25NO3/c1-10-6-5-7-11(2)15(10)12(16)8-14(3,4)9-13(17)18/h10-11H,5-9H2,1-4H3,(H,17,18)/t10-,11+. The van der Waals surface area contributed by atoms with Crippen LogP contribution < -0.4 is 0 Å². The van der Waals surface area contributed by atoms with E-state index in [4.69, 9.17) is 5.11 Å². The van der Waals surface area contributed by atoms with Gasteiger partial charge in [0.1, 0.15) is 0 Å². The van der Waals surface area contributed by atoms with Crippen molar-refractivity contribution >= 4 is 11.9 Å². The summed E-state index contributed by atoms with van der Waals surface area (Å²) >= 11 is 0. The van der Waals surface area contributed by atoms with Gasteiger partial charge >= 0.3 is 5.97 Å². The molecule has 0 bridgehead atoms. The smallest absolute Gasteiger partial charge is 0.303 e. The monoisotopic (exact) mass is 255 g/mol. The number of nitrogens with zero attached hydrogens (tertiary/aromatic N) is 1. The third-order valence-corrected chi connectivity index (χ3v) is 3.74. The average Bonchev–Trinajstić information content (AvgIpc) is 2.13. The fraction of sp³-hybridized carbons (Fsp3) is 0.857. The van der Waals surface area contributed by atoms with Crippen molar-refractivity contribution in [1.29, 1.82) is 0 Å². The molecule has 0 unspecified atom stereocenters. The number of carbonyl (C=O) groups excluding carboxylic acids is 1. The van der Waals surface area contributed by atoms with Gasteiger partial charge in [0.2, 0.25) is 5.91 Å². The molecule has 1 aliphatic heterocycles. The summed E-state index contributed by atoms with van der Waals surface area (Å²) in [6, 6.07) is 0.559. The molecule has 0 aliphatic carbocycles. The van der Waals surface area contributed by atoms with Gasteiger partial charge in [-0.25, -0.2) is 0 Å². The van der Waals surface area contributed by atoms with Crippen LogP contribution in [0.25, 0.3) is 0 Å². The molecule has 4 nitrogen and oxygen atoms in total. The summed E-state index contributed by atoms with van der Waals surface area (Å²) < 4.78 is 0. The van der Waals surface area contributed by atoms with Crippen LogP contribution in [0.3, 0.4) is 0 Å². The Morgan fingerprint density at radius 1 is 1.17 bits per heavy atom. The number of hydrogen-bond donors (Lipinski definition) is 1. The molecule has 1 N–H and O–H groups in total. The van der Waals surface area contributed by atoms with Gasteiger partial charge in [0.05, 0.1) is 6.42 Å². The first-order valence-electron chi connectivity index (χ1n) is 6.76. The quantitative estimate of drug-likeness (QED) is 0.840. The highest BCUT2D eigenvalue weighted by Gasteiger charge is 2.33. The van der Waals surface area contributed by atoms with Crippen LogP contribution in [0.1, 0.15) is 59.8 Å². The Kier molecular flexibility index (Phi) is 4.77. The number of carbonyl (C=O) groups is 2. The molecule has 0 spiro atoms. The second-order valence-electron chi connectivity index (χ2n) is 6.34. The van der Waals surface area contributed by atoms with E-state index in [0.717, 1.165) is 12.8 Å². The first-order valence-corrected chi connectivity index (χ1v) is 6.76. The zero-order chi connectivity index (χ0) is 13.9. The highest BCUT2D eigenvalue weighted by Crippen LogP contribution is 2.30. The van der Waals surface area contributed by atoms with Gasteiger partial charge in [-0.15, -0.1) is 0 Å². The van der Waals surface area contributed by atoms with E-state index in [1.165, 1.54) is 6.42 Å². The van der Waals surface area contributed by atoms with Gasteiger partial charge in [0, 0.05) is 18.5 Å². The maximum Gasteiger partial charge on any atom is 0.303 e. The molecule has 0 radical (unpaired) electrons. The summed E-state index contributed by atoms with van der Waals surface area (Å²) in [5.41, 5.74) is -0.472. The molecule has 4 heteroatoms. The molecule has 1 rings (SSSR count). The van der Waals surface area contributed by atoms with E-state index in [2.05, 4.69) is 13.8 Å². The van der Waals surface area contributed by atoms with E-state index in [1.54, 1.807) is 0 Å². The Balaban J connectivity index is 2.66. The Hall–Kier alpha value is -1.06. The maximum atomic E-state index is 12.3. The van der Waals surface area contributed by atoms with Crippen molar-refractivity contribution in [3.63, 3.8) is 0 Å². The molecule has 18 heavy (non-hydrogen) atoms. The SMILES string of the molecule is C[C@@H]1CCC[C@H](C)N1C(=O)CC(C)(C)CC(=O)O. The molecule has 1 aliphatic rings. The Labute approximate surface area is 109 Å².